The number of nitrogens with zero attached hydrogens (tertiary/aromatic N) is 2. The Hall–Kier alpha value is -2.40. The normalized spacial score (nSPS) is 17.7. The van der Waals surface area contributed by atoms with Crippen molar-refractivity contribution < 1.29 is 9.53 Å². The van der Waals surface area contributed by atoms with E-state index >= 15 is 0 Å². The zero-order chi connectivity index (χ0) is 18.2. The van der Waals surface area contributed by atoms with E-state index in [0.717, 1.165) is 45.3 Å². The fourth-order valence-electron chi connectivity index (χ4n) is 3.52. The minimum absolute atomic E-state index is 0.105. The van der Waals surface area contributed by atoms with E-state index in [0.29, 0.717) is 11.4 Å². The average Bonchev–Trinajstić information content (AvgIpc) is 2.69. The Morgan fingerprint density at radius 1 is 1.27 bits per heavy atom. The summed E-state index contributed by atoms with van der Waals surface area (Å²) in [5, 5.41) is 3.15. The number of ether oxygens (including phenoxy) is 1. The number of nitrogens with one attached hydrogen (secondary N) is 1. The molecule has 0 saturated carbocycles. The van der Waals surface area contributed by atoms with Gasteiger partial charge < -0.3 is 15.0 Å². The van der Waals surface area contributed by atoms with E-state index < -0.39 is 0 Å². The maximum atomic E-state index is 12.5. The molecule has 1 aliphatic rings. The lowest BCUT2D eigenvalue weighted by Crippen LogP contribution is -2.48. The van der Waals surface area contributed by atoms with E-state index in [1.165, 1.54) is 12.7 Å². The number of carbonyl (C=O) groups excluding carboxylic acids is 1. The number of rotatable bonds is 7. The van der Waals surface area contributed by atoms with E-state index in [9.17, 15) is 4.79 Å². The molecule has 1 atom stereocenters. The first kappa shape index (κ1) is 18.4. The number of carbonyl (C=O) groups is 1. The first-order chi connectivity index (χ1) is 12.8. The molecule has 0 unspecified atom stereocenters. The number of benzene rings is 1. The second-order valence-electron chi connectivity index (χ2n) is 6.76. The monoisotopic (exact) mass is 353 g/mol. The minimum atomic E-state index is -0.105. The summed E-state index contributed by atoms with van der Waals surface area (Å²) in [5.41, 5.74) is 1.88. The average molecular weight is 353 g/mol. The Bertz CT molecular complexity index is 705. The van der Waals surface area contributed by atoms with Crippen LogP contribution in [0.4, 0.5) is 0 Å². The molecule has 0 radical (unpaired) electrons. The van der Waals surface area contributed by atoms with Gasteiger partial charge in [-0.2, -0.15) is 0 Å². The van der Waals surface area contributed by atoms with Gasteiger partial charge in [0.25, 0.3) is 5.91 Å². The molecule has 138 valence electrons. The van der Waals surface area contributed by atoms with Gasteiger partial charge in [-0.05, 0) is 56.5 Å². The number of methoxy groups -OCH3 is 1. The summed E-state index contributed by atoms with van der Waals surface area (Å²) in [6.45, 7) is 3.08. The van der Waals surface area contributed by atoms with Gasteiger partial charge in [0.2, 0.25) is 5.88 Å². The standard InChI is InChI=1S/C21H27N3O2/c1-26-21-19(12-5-13-22-21)20(25)23-18-11-7-15-24(16-18)14-6-10-17-8-3-2-4-9-17/h2-5,8-9,12-13,18H,6-7,10-11,14-16H2,1H3,(H,23,25)/t18-/m1/s1. The lowest BCUT2D eigenvalue weighted by atomic mass is 10.0. The molecule has 1 aromatic carbocycles. The zero-order valence-corrected chi connectivity index (χ0v) is 15.4. The van der Waals surface area contributed by atoms with Crippen LogP contribution in [0.1, 0.15) is 35.2 Å². The van der Waals surface area contributed by atoms with Crippen molar-refractivity contribution in [1.29, 1.82) is 0 Å². The van der Waals surface area contributed by atoms with Crippen molar-refractivity contribution in [2.75, 3.05) is 26.7 Å². The second kappa shape index (κ2) is 9.34. The highest BCUT2D eigenvalue weighted by atomic mass is 16.5. The van der Waals surface area contributed by atoms with Crippen molar-refractivity contribution in [1.82, 2.24) is 15.2 Å². The summed E-state index contributed by atoms with van der Waals surface area (Å²) in [5.74, 6) is 0.270. The molecule has 1 N–H and O–H groups in total. The van der Waals surface area contributed by atoms with Crippen molar-refractivity contribution >= 4 is 5.91 Å². The quantitative estimate of drug-likeness (QED) is 0.832. The molecule has 0 aliphatic carbocycles. The van der Waals surface area contributed by atoms with Crippen LogP contribution in [0.5, 0.6) is 5.88 Å². The largest absolute Gasteiger partial charge is 0.480 e. The van der Waals surface area contributed by atoms with Crippen LogP contribution in [-0.2, 0) is 6.42 Å². The Kier molecular flexibility index (Phi) is 6.61. The van der Waals surface area contributed by atoms with E-state index in [1.807, 2.05) is 0 Å². The van der Waals surface area contributed by atoms with Gasteiger partial charge in [0.15, 0.2) is 0 Å². The molecule has 1 amide bonds. The zero-order valence-electron chi connectivity index (χ0n) is 15.4. The Morgan fingerprint density at radius 3 is 2.92 bits per heavy atom. The minimum Gasteiger partial charge on any atom is -0.480 e. The molecule has 1 saturated heterocycles. The van der Waals surface area contributed by atoms with Gasteiger partial charge >= 0.3 is 0 Å². The molecular weight excluding hydrogens is 326 g/mol. The van der Waals surface area contributed by atoms with Gasteiger partial charge in [0.05, 0.1) is 7.11 Å². The van der Waals surface area contributed by atoms with Gasteiger partial charge in [-0.15, -0.1) is 0 Å². The third-order valence-corrected chi connectivity index (χ3v) is 4.83. The molecule has 0 spiro atoms. The van der Waals surface area contributed by atoms with E-state index in [4.69, 9.17) is 4.74 Å². The van der Waals surface area contributed by atoms with E-state index in [1.54, 1.807) is 18.3 Å². The molecule has 26 heavy (non-hydrogen) atoms. The highest BCUT2D eigenvalue weighted by Crippen LogP contribution is 2.16. The number of piperidine rings is 1. The maximum Gasteiger partial charge on any atom is 0.257 e. The van der Waals surface area contributed by atoms with Crippen molar-refractivity contribution in [2.24, 2.45) is 0 Å². The van der Waals surface area contributed by atoms with Crippen LogP contribution >= 0.6 is 0 Å². The van der Waals surface area contributed by atoms with E-state index in [-0.39, 0.29) is 11.9 Å². The first-order valence-corrected chi connectivity index (χ1v) is 9.32. The summed E-state index contributed by atoms with van der Waals surface area (Å²) >= 11 is 0. The molecular formula is C21H27N3O2. The van der Waals surface area contributed by atoms with Crippen LogP contribution in [-0.4, -0.2) is 48.6 Å². The van der Waals surface area contributed by atoms with Crippen molar-refractivity contribution in [3.63, 3.8) is 0 Å². The maximum absolute atomic E-state index is 12.5. The molecule has 2 heterocycles. The summed E-state index contributed by atoms with van der Waals surface area (Å²) in [6.07, 6.45) is 6.00. The van der Waals surface area contributed by atoms with Crippen LogP contribution in [0.25, 0.3) is 0 Å². The first-order valence-electron chi connectivity index (χ1n) is 9.32. The third-order valence-electron chi connectivity index (χ3n) is 4.83. The van der Waals surface area contributed by atoms with E-state index in [2.05, 4.69) is 45.5 Å². The number of likely N-dealkylation sites (tertiary alicyclic amines) is 1. The number of hydrogen-bond acceptors (Lipinski definition) is 4. The summed E-state index contributed by atoms with van der Waals surface area (Å²) in [4.78, 5) is 19.1. The fraction of sp³-hybridized carbons (Fsp3) is 0.429. The van der Waals surface area contributed by atoms with Gasteiger partial charge in [0, 0.05) is 18.8 Å². The molecule has 2 aromatic rings. The molecule has 1 fully saturated rings. The number of hydrogen-bond donors (Lipinski definition) is 1. The number of pyridine rings is 1. The topological polar surface area (TPSA) is 54.5 Å². The van der Waals surface area contributed by atoms with Crippen molar-refractivity contribution in [3.8, 4) is 5.88 Å². The number of amides is 1. The highest BCUT2D eigenvalue weighted by molar-refractivity contribution is 5.96. The van der Waals surface area contributed by atoms with Crippen LogP contribution < -0.4 is 10.1 Å². The smallest absolute Gasteiger partial charge is 0.257 e. The van der Waals surface area contributed by atoms with Crippen molar-refractivity contribution in [2.45, 2.75) is 31.7 Å². The van der Waals surface area contributed by atoms with Gasteiger partial charge in [-0.3, -0.25) is 4.79 Å². The fourth-order valence-corrected chi connectivity index (χ4v) is 3.52. The summed E-state index contributed by atoms with van der Waals surface area (Å²) < 4.78 is 5.19. The number of aryl methyl sites for hydroxylation is 1. The van der Waals surface area contributed by atoms with Crippen LogP contribution in [0.15, 0.2) is 48.7 Å². The summed E-state index contributed by atoms with van der Waals surface area (Å²) in [7, 11) is 1.54. The molecule has 3 rings (SSSR count). The Balaban J connectivity index is 1.48. The molecule has 1 aliphatic heterocycles. The lowest BCUT2D eigenvalue weighted by Gasteiger charge is -2.33. The SMILES string of the molecule is COc1ncccc1C(=O)N[C@@H]1CCCN(CCCc2ccccc2)C1. The third kappa shape index (κ3) is 5.05. The second-order valence-corrected chi connectivity index (χ2v) is 6.76. The predicted octanol–water partition coefficient (Wildman–Crippen LogP) is 2.92. The van der Waals surface area contributed by atoms with Crippen molar-refractivity contribution in [3.05, 3.63) is 59.8 Å². The van der Waals surface area contributed by atoms with Gasteiger partial charge in [0.1, 0.15) is 5.56 Å². The Labute approximate surface area is 155 Å². The van der Waals surface area contributed by atoms with Gasteiger partial charge in [-0.1, -0.05) is 30.3 Å². The molecule has 5 heteroatoms. The van der Waals surface area contributed by atoms with Gasteiger partial charge in [-0.25, -0.2) is 4.98 Å². The van der Waals surface area contributed by atoms with Crippen LogP contribution in [0.2, 0.25) is 0 Å². The predicted molar refractivity (Wildman–Crippen MR) is 102 cm³/mol. The molecule has 5 nitrogen and oxygen atoms in total. The molecule has 1 aromatic heterocycles. The van der Waals surface area contributed by atoms with Crippen LogP contribution in [0, 0.1) is 0 Å². The van der Waals surface area contributed by atoms with Crippen LogP contribution in [0.3, 0.4) is 0 Å². The highest BCUT2D eigenvalue weighted by Gasteiger charge is 2.23. The molecule has 0 bridgehead atoms. The lowest BCUT2D eigenvalue weighted by molar-refractivity contribution is 0.0899. The number of aromatic nitrogens is 1. The summed E-state index contributed by atoms with van der Waals surface area (Å²) in [6, 6.07) is 14.3. The Morgan fingerprint density at radius 2 is 2.12 bits per heavy atom.